The molecule has 2 aromatic heterocycles. The summed E-state index contributed by atoms with van der Waals surface area (Å²) >= 11 is 1.58. The SMILES string of the molecule is CCc1sc(C(=O)N2CCOC(c3noc(C)n3)C2)cc1C. The van der Waals surface area contributed by atoms with E-state index in [4.69, 9.17) is 9.26 Å². The maximum absolute atomic E-state index is 12.7. The Bertz CT molecular complexity index is 679. The Morgan fingerprint density at radius 3 is 2.95 bits per heavy atom. The van der Waals surface area contributed by atoms with E-state index < -0.39 is 0 Å². The number of carbonyl (C=O) groups is 1. The molecule has 3 rings (SSSR count). The molecule has 1 amide bonds. The Hall–Kier alpha value is -1.73. The van der Waals surface area contributed by atoms with Crippen LogP contribution in [0.15, 0.2) is 10.6 Å². The zero-order chi connectivity index (χ0) is 15.7. The van der Waals surface area contributed by atoms with E-state index >= 15 is 0 Å². The highest BCUT2D eigenvalue weighted by molar-refractivity contribution is 7.14. The molecule has 7 heteroatoms. The van der Waals surface area contributed by atoms with Gasteiger partial charge in [-0.25, -0.2) is 0 Å². The molecule has 22 heavy (non-hydrogen) atoms. The lowest BCUT2D eigenvalue weighted by Gasteiger charge is -2.31. The molecule has 1 atom stereocenters. The number of aromatic nitrogens is 2. The summed E-state index contributed by atoms with van der Waals surface area (Å²) in [6.45, 7) is 7.42. The van der Waals surface area contributed by atoms with Gasteiger partial charge >= 0.3 is 0 Å². The number of ether oxygens (including phenoxy) is 1. The van der Waals surface area contributed by atoms with Crippen molar-refractivity contribution in [3.63, 3.8) is 0 Å². The molecule has 1 unspecified atom stereocenters. The van der Waals surface area contributed by atoms with E-state index in [9.17, 15) is 4.79 Å². The molecule has 0 N–H and O–H groups in total. The van der Waals surface area contributed by atoms with Crippen molar-refractivity contribution in [2.75, 3.05) is 19.7 Å². The van der Waals surface area contributed by atoms with Crippen LogP contribution in [-0.2, 0) is 11.2 Å². The van der Waals surface area contributed by atoms with Gasteiger partial charge in [-0.1, -0.05) is 12.1 Å². The Morgan fingerprint density at radius 2 is 2.32 bits per heavy atom. The Morgan fingerprint density at radius 1 is 1.50 bits per heavy atom. The van der Waals surface area contributed by atoms with Gasteiger partial charge in [0.15, 0.2) is 0 Å². The molecule has 1 aliphatic rings. The molecule has 118 valence electrons. The van der Waals surface area contributed by atoms with Crippen LogP contribution in [0.25, 0.3) is 0 Å². The fraction of sp³-hybridized carbons (Fsp3) is 0.533. The molecule has 6 nitrogen and oxygen atoms in total. The second-order valence-electron chi connectivity index (χ2n) is 5.35. The summed E-state index contributed by atoms with van der Waals surface area (Å²) in [6.07, 6.45) is 0.638. The summed E-state index contributed by atoms with van der Waals surface area (Å²) in [5, 5.41) is 3.89. The molecule has 0 aromatic carbocycles. The number of amides is 1. The van der Waals surface area contributed by atoms with E-state index in [-0.39, 0.29) is 12.0 Å². The van der Waals surface area contributed by atoms with Crippen molar-refractivity contribution in [3.05, 3.63) is 33.1 Å². The van der Waals surface area contributed by atoms with Gasteiger partial charge in [0.05, 0.1) is 18.0 Å². The third kappa shape index (κ3) is 2.91. The fourth-order valence-electron chi connectivity index (χ4n) is 2.57. The zero-order valence-corrected chi connectivity index (χ0v) is 13.8. The summed E-state index contributed by atoms with van der Waals surface area (Å²) in [7, 11) is 0. The number of morpholine rings is 1. The van der Waals surface area contributed by atoms with Crippen molar-refractivity contribution in [2.24, 2.45) is 0 Å². The van der Waals surface area contributed by atoms with Crippen LogP contribution in [0.3, 0.4) is 0 Å². The van der Waals surface area contributed by atoms with Crippen LogP contribution in [0, 0.1) is 13.8 Å². The van der Waals surface area contributed by atoms with Crippen molar-refractivity contribution >= 4 is 17.2 Å². The number of carbonyl (C=O) groups excluding carboxylic acids is 1. The highest BCUT2D eigenvalue weighted by Gasteiger charge is 2.29. The quantitative estimate of drug-likeness (QED) is 0.869. The van der Waals surface area contributed by atoms with Crippen molar-refractivity contribution in [3.8, 4) is 0 Å². The van der Waals surface area contributed by atoms with Crippen LogP contribution in [0.2, 0.25) is 0 Å². The minimum atomic E-state index is -0.318. The number of rotatable bonds is 3. The second-order valence-corrected chi connectivity index (χ2v) is 6.49. The number of thiophene rings is 1. The Balaban J connectivity index is 1.74. The van der Waals surface area contributed by atoms with Gasteiger partial charge in [0.2, 0.25) is 11.7 Å². The first-order valence-corrected chi connectivity index (χ1v) is 8.20. The maximum Gasteiger partial charge on any atom is 0.264 e. The largest absolute Gasteiger partial charge is 0.366 e. The van der Waals surface area contributed by atoms with E-state index in [0.29, 0.717) is 31.4 Å². The van der Waals surface area contributed by atoms with Crippen molar-refractivity contribution in [1.82, 2.24) is 15.0 Å². The van der Waals surface area contributed by atoms with Crippen LogP contribution >= 0.6 is 11.3 Å². The average Bonchev–Trinajstić information content (AvgIpc) is 3.12. The molecule has 2 aromatic rings. The van der Waals surface area contributed by atoms with Crippen LogP contribution in [-0.4, -0.2) is 40.6 Å². The van der Waals surface area contributed by atoms with Crippen LogP contribution < -0.4 is 0 Å². The predicted octanol–water partition coefficient (Wildman–Crippen LogP) is 2.52. The topological polar surface area (TPSA) is 68.5 Å². The van der Waals surface area contributed by atoms with Gasteiger partial charge in [-0.15, -0.1) is 11.3 Å². The van der Waals surface area contributed by atoms with E-state index in [0.717, 1.165) is 11.3 Å². The summed E-state index contributed by atoms with van der Waals surface area (Å²) in [6, 6.07) is 1.98. The lowest BCUT2D eigenvalue weighted by atomic mass is 10.2. The second kappa shape index (κ2) is 6.18. The third-order valence-corrected chi connectivity index (χ3v) is 5.11. The fourth-order valence-corrected chi connectivity index (χ4v) is 3.65. The first-order valence-electron chi connectivity index (χ1n) is 7.39. The van der Waals surface area contributed by atoms with Gasteiger partial charge in [0.25, 0.3) is 5.91 Å². The number of aryl methyl sites for hydroxylation is 3. The van der Waals surface area contributed by atoms with Gasteiger partial charge in [-0.05, 0) is 25.0 Å². The first-order chi connectivity index (χ1) is 10.6. The molecular formula is C15H19N3O3S. The number of hydrogen-bond donors (Lipinski definition) is 0. The number of hydrogen-bond acceptors (Lipinski definition) is 6. The molecule has 1 aliphatic heterocycles. The van der Waals surface area contributed by atoms with Crippen molar-refractivity contribution in [2.45, 2.75) is 33.3 Å². The smallest absolute Gasteiger partial charge is 0.264 e. The lowest BCUT2D eigenvalue weighted by molar-refractivity contribution is -0.0274. The molecule has 0 bridgehead atoms. The van der Waals surface area contributed by atoms with Crippen molar-refractivity contribution in [1.29, 1.82) is 0 Å². The molecule has 3 heterocycles. The third-order valence-electron chi connectivity index (χ3n) is 3.74. The predicted molar refractivity (Wildman–Crippen MR) is 82.1 cm³/mol. The van der Waals surface area contributed by atoms with E-state index in [1.165, 1.54) is 10.4 Å². The first kappa shape index (κ1) is 15.2. The van der Waals surface area contributed by atoms with Gasteiger partial charge in [0, 0.05) is 18.3 Å². The van der Waals surface area contributed by atoms with Gasteiger partial charge in [0.1, 0.15) is 6.10 Å². The molecule has 0 saturated carbocycles. The summed E-state index contributed by atoms with van der Waals surface area (Å²) in [5.74, 6) is 1.07. The normalized spacial score (nSPS) is 18.7. The molecule has 0 spiro atoms. The van der Waals surface area contributed by atoms with Crippen molar-refractivity contribution < 1.29 is 14.1 Å². The molecule has 1 saturated heterocycles. The van der Waals surface area contributed by atoms with Crippen LogP contribution in [0.5, 0.6) is 0 Å². The monoisotopic (exact) mass is 321 g/mol. The van der Waals surface area contributed by atoms with Gasteiger partial charge < -0.3 is 14.2 Å². The minimum absolute atomic E-state index is 0.0568. The zero-order valence-electron chi connectivity index (χ0n) is 13.0. The van der Waals surface area contributed by atoms with E-state index in [2.05, 4.69) is 24.0 Å². The Kier molecular flexibility index (Phi) is 4.26. The molecule has 0 aliphatic carbocycles. The van der Waals surface area contributed by atoms with E-state index in [1.807, 2.05) is 11.0 Å². The average molecular weight is 321 g/mol. The molecular weight excluding hydrogens is 302 g/mol. The van der Waals surface area contributed by atoms with Crippen LogP contribution in [0.4, 0.5) is 0 Å². The minimum Gasteiger partial charge on any atom is -0.366 e. The lowest BCUT2D eigenvalue weighted by Crippen LogP contribution is -2.42. The number of nitrogens with zero attached hydrogens (tertiary/aromatic N) is 3. The molecule has 0 radical (unpaired) electrons. The van der Waals surface area contributed by atoms with E-state index in [1.54, 1.807) is 18.3 Å². The summed E-state index contributed by atoms with van der Waals surface area (Å²) in [4.78, 5) is 20.7. The van der Waals surface area contributed by atoms with Gasteiger partial charge in [-0.3, -0.25) is 4.79 Å². The van der Waals surface area contributed by atoms with Gasteiger partial charge in [-0.2, -0.15) is 4.98 Å². The standard InChI is InChI=1S/C15H19N3O3S/c1-4-12-9(2)7-13(22-12)15(19)18-5-6-20-11(8-18)14-16-10(3)21-17-14/h7,11H,4-6,8H2,1-3H3. The molecule has 1 fully saturated rings. The highest BCUT2D eigenvalue weighted by atomic mass is 32.1. The Labute approximate surface area is 133 Å². The summed E-state index contributed by atoms with van der Waals surface area (Å²) in [5.41, 5.74) is 1.19. The van der Waals surface area contributed by atoms with Crippen LogP contribution in [0.1, 0.15) is 44.9 Å². The highest BCUT2D eigenvalue weighted by Crippen LogP contribution is 2.26. The summed E-state index contributed by atoms with van der Waals surface area (Å²) < 4.78 is 10.7. The maximum atomic E-state index is 12.7.